The van der Waals surface area contributed by atoms with E-state index in [1.807, 2.05) is 0 Å². The van der Waals surface area contributed by atoms with Crippen LogP contribution < -0.4 is 0 Å². The lowest BCUT2D eigenvalue weighted by atomic mass is 9.55. The lowest BCUT2D eigenvalue weighted by Crippen LogP contribution is -2.44. The largest absolute Gasteiger partial charge is 0.299 e. The van der Waals surface area contributed by atoms with E-state index >= 15 is 0 Å². The van der Waals surface area contributed by atoms with Gasteiger partial charge in [-0.2, -0.15) is 0 Å². The minimum absolute atomic E-state index is 0.0331. The second kappa shape index (κ2) is 3.85. The number of Topliss-reactive ketones (excluding diaryl/α,β-unsaturated/α-hetero) is 1. The van der Waals surface area contributed by atoms with E-state index in [2.05, 4.69) is 27.7 Å². The number of carbonyl (C=O) groups is 1. The van der Waals surface area contributed by atoms with Crippen molar-refractivity contribution in [2.45, 2.75) is 66.2 Å². The lowest BCUT2D eigenvalue weighted by molar-refractivity contribution is -0.132. The van der Waals surface area contributed by atoms with Crippen molar-refractivity contribution in [2.24, 2.45) is 22.7 Å². The van der Waals surface area contributed by atoms with Crippen molar-refractivity contribution in [3.63, 3.8) is 0 Å². The van der Waals surface area contributed by atoms with Crippen LogP contribution in [0.2, 0.25) is 0 Å². The SMILES string of the molecule is CCC(C)CC12CCCC(CC1=O)C2(C)C. The Balaban J connectivity index is 2.31. The molecule has 0 heterocycles. The summed E-state index contributed by atoms with van der Waals surface area (Å²) in [6, 6.07) is 0. The summed E-state index contributed by atoms with van der Waals surface area (Å²) in [5.74, 6) is 1.94. The normalized spacial score (nSPS) is 38.8. The molecule has 16 heavy (non-hydrogen) atoms. The zero-order chi connectivity index (χ0) is 12.0. The van der Waals surface area contributed by atoms with Crippen LogP contribution >= 0.6 is 0 Å². The fourth-order valence-electron chi connectivity index (χ4n) is 4.22. The third-order valence-corrected chi connectivity index (χ3v) is 5.77. The van der Waals surface area contributed by atoms with Gasteiger partial charge < -0.3 is 0 Å². The van der Waals surface area contributed by atoms with Gasteiger partial charge in [-0.05, 0) is 36.5 Å². The quantitative estimate of drug-likeness (QED) is 0.699. The molecule has 2 rings (SSSR count). The van der Waals surface area contributed by atoms with Crippen LogP contribution in [0.5, 0.6) is 0 Å². The summed E-state index contributed by atoms with van der Waals surface area (Å²) in [7, 11) is 0. The van der Waals surface area contributed by atoms with E-state index < -0.39 is 0 Å². The first kappa shape index (κ1) is 12.1. The van der Waals surface area contributed by atoms with E-state index in [1.54, 1.807) is 0 Å². The van der Waals surface area contributed by atoms with Crippen molar-refractivity contribution >= 4 is 5.78 Å². The van der Waals surface area contributed by atoms with E-state index in [1.165, 1.54) is 19.3 Å². The van der Waals surface area contributed by atoms with Crippen LogP contribution in [-0.4, -0.2) is 5.78 Å². The Kier molecular flexibility index (Phi) is 2.92. The molecule has 0 aromatic carbocycles. The van der Waals surface area contributed by atoms with E-state index in [0.29, 0.717) is 17.6 Å². The van der Waals surface area contributed by atoms with Gasteiger partial charge in [0.2, 0.25) is 0 Å². The molecule has 1 nitrogen and oxygen atoms in total. The Bertz CT molecular complexity index is 292. The predicted octanol–water partition coefficient (Wildman–Crippen LogP) is 4.21. The maximum Gasteiger partial charge on any atom is 0.139 e. The highest BCUT2D eigenvalue weighted by molar-refractivity contribution is 5.89. The van der Waals surface area contributed by atoms with Crippen LogP contribution in [-0.2, 0) is 4.79 Å². The number of hydrogen-bond donors (Lipinski definition) is 0. The van der Waals surface area contributed by atoms with E-state index in [4.69, 9.17) is 0 Å². The molecule has 2 aliphatic rings. The minimum atomic E-state index is 0.0331. The van der Waals surface area contributed by atoms with E-state index in [0.717, 1.165) is 19.3 Å². The van der Waals surface area contributed by atoms with Crippen LogP contribution in [0.1, 0.15) is 66.2 Å². The van der Waals surface area contributed by atoms with Crippen molar-refractivity contribution in [2.75, 3.05) is 0 Å². The Morgan fingerprint density at radius 3 is 2.75 bits per heavy atom. The van der Waals surface area contributed by atoms with Crippen molar-refractivity contribution in [1.82, 2.24) is 0 Å². The van der Waals surface area contributed by atoms with Gasteiger partial charge in [0.15, 0.2) is 0 Å². The van der Waals surface area contributed by atoms with Gasteiger partial charge in [0.25, 0.3) is 0 Å². The molecule has 0 amide bonds. The average Bonchev–Trinajstić information content (AvgIpc) is 2.39. The van der Waals surface area contributed by atoms with Crippen LogP contribution in [0, 0.1) is 22.7 Å². The van der Waals surface area contributed by atoms with Crippen LogP contribution in [0.3, 0.4) is 0 Å². The molecular formula is C15H26O. The van der Waals surface area contributed by atoms with Crippen LogP contribution in [0.4, 0.5) is 0 Å². The lowest BCUT2D eigenvalue weighted by Gasteiger charge is -2.48. The number of fused-ring (bicyclic) bond motifs is 2. The first-order valence-electron chi connectivity index (χ1n) is 6.97. The summed E-state index contributed by atoms with van der Waals surface area (Å²) >= 11 is 0. The molecule has 3 unspecified atom stereocenters. The first-order chi connectivity index (χ1) is 7.44. The summed E-state index contributed by atoms with van der Waals surface area (Å²) in [6.07, 6.45) is 6.90. The second-order valence-electron chi connectivity index (χ2n) is 6.74. The Morgan fingerprint density at radius 2 is 2.12 bits per heavy atom. The second-order valence-corrected chi connectivity index (χ2v) is 6.74. The average molecular weight is 222 g/mol. The molecule has 0 radical (unpaired) electrons. The van der Waals surface area contributed by atoms with Gasteiger partial charge in [-0.25, -0.2) is 0 Å². The highest BCUT2D eigenvalue weighted by atomic mass is 16.1. The molecular weight excluding hydrogens is 196 g/mol. The topological polar surface area (TPSA) is 17.1 Å². The zero-order valence-electron chi connectivity index (χ0n) is 11.3. The minimum Gasteiger partial charge on any atom is -0.299 e. The molecule has 2 aliphatic carbocycles. The Hall–Kier alpha value is -0.330. The maximum atomic E-state index is 12.4. The molecule has 2 fully saturated rings. The first-order valence-corrected chi connectivity index (χ1v) is 6.97. The molecule has 0 aliphatic heterocycles. The number of ketones is 1. The monoisotopic (exact) mass is 222 g/mol. The predicted molar refractivity (Wildman–Crippen MR) is 67.3 cm³/mol. The maximum absolute atomic E-state index is 12.4. The van der Waals surface area contributed by atoms with Crippen molar-refractivity contribution in [3.8, 4) is 0 Å². The highest BCUT2D eigenvalue weighted by Crippen LogP contribution is 2.63. The Morgan fingerprint density at radius 1 is 1.44 bits per heavy atom. The van der Waals surface area contributed by atoms with Crippen molar-refractivity contribution < 1.29 is 4.79 Å². The van der Waals surface area contributed by atoms with Gasteiger partial charge in [0.05, 0.1) is 0 Å². The number of carbonyl (C=O) groups excluding carboxylic acids is 1. The van der Waals surface area contributed by atoms with Gasteiger partial charge in [0, 0.05) is 11.8 Å². The Labute approximate surface area is 100.0 Å². The smallest absolute Gasteiger partial charge is 0.139 e. The van der Waals surface area contributed by atoms with Crippen LogP contribution in [0.25, 0.3) is 0 Å². The van der Waals surface area contributed by atoms with Gasteiger partial charge in [0.1, 0.15) is 5.78 Å². The molecule has 0 aromatic rings. The van der Waals surface area contributed by atoms with Gasteiger partial charge in [-0.15, -0.1) is 0 Å². The molecule has 0 saturated heterocycles. The summed E-state index contributed by atoms with van der Waals surface area (Å²) in [5, 5.41) is 0. The molecule has 2 bridgehead atoms. The van der Waals surface area contributed by atoms with Crippen LogP contribution in [0.15, 0.2) is 0 Å². The summed E-state index contributed by atoms with van der Waals surface area (Å²) in [6.45, 7) is 9.25. The van der Waals surface area contributed by atoms with Gasteiger partial charge in [-0.3, -0.25) is 4.79 Å². The third-order valence-electron chi connectivity index (χ3n) is 5.77. The zero-order valence-corrected chi connectivity index (χ0v) is 11.3. The summed E-state index contributed by atoms with van der Waals surface area (Å²) < 4.78 is 0. The van der Waals surface area contributed by atoms with Gasteiger partial charge >= 0.3 is 0 Å². The van der Waals surface area contributed by atoms with E-state index in [9.17, 15) is 4.79 Å². The third kappa shape index (κ3) is 1.47. The fourth-order valence-corrected chi connectivity index (χ4v) is 4.22. The number of hydrogen-bond acceptors (Lipinski definition) is 1. The molecule has 0 N–H and O–H groups in total. The standard InChI is InChI=1S/C15H26O/c1-5-11(2)10-15-8-6-7-12(9-13(15)16)14(15,3)4/h11-12H,5-10H2,1-4H3. The molecule has 3 atom stereocenters. The molecule has 0 spiro atoms. The summed E-state index contributed by atoms with van der Waals surface area (Å²) in [4.78, 5) is 12.4. The number of rotatable bonds is 3. The molecule has 2 saturated carbocycles. The van der Waals surface area contributed by atoms with Crippen molar-refractivity contribution in [1.29, 1.82) is 0 Å². The molecule has 0 aromatic heterocycles. The van der Waals surface area contributed by atoms with Gasteiger partial charge in [-0.1, -0.05) is 40.5 Å². The van der Waals surface area contributed by atoms with Crippen molar-refractivity contribution in [3.05, 3.63) is 0 Å². The summed E-state index contributed by atoms with van der Waals surface area (Å²) in [5.41, 5.74) is 0.289. The fraction of sp³-hybridized carbons (Fsp3) is 0.933. The highest BCUT2D eigenvalue weighted by Gasteiger charge is 2.61. The van der Waals surface area contributed by atoms with E-state index in [-0.39, 0.29) is 10.8 Å². The molecule has 1 heteroatoms. The molecule has 92 valence electrons.